The topological polar surface area (TPSA) is 79.3 Å². The van der Waals surface area contributed by atoms with Gasteiger partial charge in [-0.15, -0.1) is 0 Å². The number of pyridine rings is 1. The van der Waals surface area contributed by atoms with Crippen LogP contribution in [0.2, 0.25) is 0 Å². The van der Waals surface area contributed by atoms with Crippen LogP contribution in [0.1, 0.15) is 23.2 Å². The summed E-state index contributed by atoms with van der Waals surface area (Å²) >= 11 is 0. The van der Waals surface area contributed by atoms with Crippen LogP contribution >= 0.6 is 0 Å². The van der Waals surface area contributed by atoms with Crippen LogP contribution in [0.25, 0.3) is 6.08 Å². The lowest BCUT2D eigenvalue weighted by Crippen LogP contribution is -2.40. The highest BCUT2D eigenvalue weighted by molar-refractivity contribution is 7.93. The van der Waals surface area contributed by atoms with Crippen LogP contribution in [0, 0.1) is 0 Å². The van der Waals surface area contributed by atoms with Gasteiger partial charge >= 0.3 is 0 Å². The van der Waals surface area contributed by atoms with Crippen molar-refractivity contribution in [1.29, 1.82) is 0 Å². The van der Waals surface area contributed by atoms with E-state index in [0.717, 1.165) is 16.8 Å². The van der Waals surface area contributed by atoms with Crippen LogP contribution in [0.5, 0.6) is 0 Å². The lowest BCUT2D eigenvalue weighted by atomic mass is 9.98. The van der Waals surface area contributed by atoms with Gasteiger partial charge in [-0.2, -0.15) is 0 Å². The number of rotatable bonds is 6. The summed E-state index contributed by atoms with van der Waals surface area (Å²) in [7, 11) is -3.63. The van der Waals surface area contributed by atoms with Gasteiger partial charge in [-0.25, -0.2) is 13.1 Å². The summed E-state index contributed by atoms with van der Waals surface area (Å²) in [6.07, 6.45) is 4.89. The van der Waals surface area contributed by atoms with Gasteiger partial charge in [0.25, 0.3) is 0 Å². The largest absolute Gasteiger partial charge is 0.395 e. The lowest BCUT2D eigenvalue weighted by molar-refractivity contribution is 0.255. The molecule has 0 bridgehead atoms. The highest BCUT2D eigenvalue weighted by Gasteiger charge is 2.24. The third kappa shape index (κ3) is 3.90. The van der Waals surface area contributed by atoms with Gasteiger partial charge in [0.05, 0.1) is 17.6 Å². The Morgan fingerprint density at radius 2 is 1.92 bits per heavy atom. The second-order valence-electron chi connectivity index (χ2n) is 5.84. The maximum Gasteiger partial charge on any atom is 0.237 e. The van der Waals surface area contributed by atoms with Gasteiger partial charge in [0.15, 0.2) is 0 Å². The maximum atomic E-state index is 12.6. The molecule has 1 heterocycles. The number of nitrogens with zero attached hydrogens (tertiary/aromatic N) is 1. The van der Waals surface area contributed by atoms with E-state index in [1.54, 1.807) is 18.3 Å². The Kier molecular flexibility index (Phi) is 5.08. The highest BCUT2D eigenvalue weighted by Crippen LogP contribution is 2.26. The molecule has 2 N–H and O–H groups in total. The maximum absolute atomic E-state index is 12.6. The van der Waals surface area contributed by atoms with E-state index in [-0.39, 0.29) is 6.61 Å². The van der Waals surface area contributed by atoms with Crippen molar-refractivity contribution in [3.05, 3.63) is 70.4 Å². The van der Waals surface area contributed by atoms with Crippen LogP contribution in [-0.4, -0.2) is 31.2 Å². The molecule has 1 atom stereocenters. The van der Waals surface area contributed by atoms with Gasteiger partial charge in [-0.05, 0) is 42.2 Å². The van der Waals surface area contributed by atoms with E-state index in [0.29, 0.717) is 24.2 Å². The first-order valence-corrected chi connectivity index (χ1v) is 9.38. The predicted octanol–water partition coefficient (Wildman–Crippen LogP) is 1.89. The smallest absolute Gasteiger partial charge is 0.237 e. The summed E-state index contributed by atoms with van der Waals surface area (Å²) in [4.78, 5) is 4.54. The number of allylic oxidation sites excluding steroid dienone is 1. The minimum Gasteiger partial charge on any atom is -0.395 e. The van der Waals surface area contributed by atoms with Crippen molar-refractivity contribution in [2.24, 2.45) is 0 Å². The molecule has 3 rings (SSSR count). The van der Waals surface area contributed by atoms with Crippen LogP contribution in [0.3, 0.4) is 0 Å². The summed E-state index contributed by atoms with van der Waals surface area (Å²) in [6.45, 7) is -0.278. The number of aliphatic hydroxyl groups excluding tert-OH is 1. The second-order valence-corrected chi connectivity index (χ2v) is 7.60. The average molecular weight is 344 g/mol. The number of benzene rings is 1. The van der Waals surface area contributed by atoms with E-state index >= 15 is 0 Å². The molecule has 1 aliphatic rings. The second kappa shape index (κ2) is 7.25. The van der Waals surface area contributed by atoms with E-state index in [2.05, 4.69) is 9.71 Å². The highest BCUT2D eigenvalue weighted by atomic mass is 32.2. The molecule has 0 saturated heterocycles. The first-order chi connectivity index (χ1) is 11.6. The number of hydrogen-bond acceptors (Lipinski definition) is 4. The molecule has 0 spiro atoms. The number of sulfonamides is 1. The van der Waals surface area contributed by atoms with Gasteiger partial charge in [0.2, 0.25) is 10.0 Å². The van der Waals surface area contributed by atoms with E-state index in [4.69, 9.17) is 0 Å². The van der Waals surface area contributed by atoms with E-state index in [9.17, 15) is 13.5 Å². The Labute approximate surface area is 142 Å². The normalized spacial score (nSPS) is 15.5. The number of aromatic nitrogens is 1. The Balaban J connectivity index is 1.77. The molecular weight excluding hydrogens is 324 g/mol. The first kappa shape index (κ1) is 16.8. The number of fused-ring (bicyclic) bond motifs is 1. The quantitative estimate of drug-likeness (QED) is 0.839. The summed E-state index contributed by atoms with van der Waals surface area (Å²) in [6, 6.07) is 12.6. The van der Waals surface area contributed by atoms with Crippen LogP contribution in [0.4, 0.5) is 0 Å². The monoisotopic (exact) mass is 344 g/mol. The molecule has 0 saturated carbocycles. The molecular formula is C18H20N2O3S. The Bertz CT molecular complexity index is 832. The van der Waals surface area contributed by atoms with Crippen molar-refractivity contribution in [2.75, 3.05) is 6.61 Å². The standard InChI is InChI=1S/C18H20N2O3S/c21-13-17(12-16-7-3-4-10-19-16)20-24(22,23)18-9-8-14-5-1-2-6-15(14)11-18/h1-7,10-11,17,20-21H,8-9,12-13H2/t17-/m1/s1. The van der Waals surface area contributed by atoms with Crippen molar-refractivity contribution in [3.8, 4) is 0 Å². The molecule has 0 aliphatic heterocycles. The number of aliphatic hydroxyl groups is 1. The lowest BCUT2D eigenvalue weighted by Gasteiger charge is -2.20. The van der Waals surface area contributed by atoms with Crippen molar-refractivity contribution >= 4 is 16.1 Å². The summed E-state index contributed by atoms with van der Waals surface area (Å²) < 4.78 is 27.9. The van der Waals surface area contributed by atoms with Crippen molar-refractivity contribution < 1.29 is 13.5 Å². The van der Waals surface area contributed by atoms with E-state index in [1.165, 1.54) is 0 Å². The molecule has 0 radical (unpaired) electrons. The van der Waals surface area contributed by atoms with Gasteiger partial charge in [-0.3, -0.25) is 4.98 Å². The Morgan fingerprint density at radius 1 is 1.12 bits per heavy atom. The SMILES string of the molecule is O=S(=O)(N[C@@H](CO)Cc1ccccn1)C1=Cc2ccccc2CC1. The molecule has 0 fully saturated rings. The number of aryl methyl sites for hydroxylation is 1. The van der Waals surface area contributed by atoms with Crippen molar-refractivity contribution in [2.45, 2.75) is 25.3 Å². The van der Waals surface area contributed by atoms with Gasteiger partial charge in [-0.1, -0.05) is 30.3 Å². The van der Waals surface area contributed by atoms with Crippen molar-refractivity contribution in [3.63, 3.8) is 0 Å². The van der Waals surface area contributed by atoms with E-state index < -0.39 is 16.1 Å². The van der Waals surface area contributed by atoms with Gasteiger partial charge in [0, 0.05) is 18.3 Å². The fourth-order valence-corrected chi connectivity index (χ4v) is 4.23. The van der Waals surface area contributed by atoms with Crippen LogP contribution in [-0.2, 0) is 22.9 Å². The zero-order valence-corrected chi connectivity index (χ0v) is 14.0. The summed E-state index contributed by atoms with van der Waals surface area (Å²) in [5, 5.41) is 9.53. The van der Waals surface area contributed by atoms with E-state index in [1.807, 2.05) is 36.4 Å². The van der Waals surface area contributed by atoms with Gasteiger partial charge in [0.1, 0.15) is 0 Å². The molecule has 0 unspecified atom stereocenters. The molecule has 2 aromatic rings. The fourth-order valence-electron chi connectivity index (χ4n) is 2.83. The molecule has 1 aromatic heterocycles. The fraction of sp³-hybridized carbons (Fsp3) is 0.278. The van der Waals surface area contributed by atoms with Crippen molar-refractivity contribution in [1.82, 2.24) is 9.71 Å². The minimum atomic E-state index is -3.63. The zero-order chi connectivity index (χ0) is 17.0. The Morgan fingerprint density at radius 3 is 2.67 bits per heavy atom. The number of nitrogens with one attached hydrogen (secondary N) is 1. The third-order valence-corrected chi connectivity index (χ3v) is 5.74. The number of hydrogen-bond donors (Lipinski definition) is 2. The molecule has 6 heteroatoms. The summed E-state index contributed by atoms with van der Waals surface area (Å²) in [5.74, 6) is 0. The predicted molar refractivity (Wildman–Crippen MR) is 93.6 cm³/mol. The molecule has 1 aromatic carbocycles. The average Bonchev–Trinajstić information content (AvgIpc) is 2.61. The molecule has 1 aliphatic carbocycles. The molecule has 0 amide bonds. The minimum absolute atomic E-state index is 0.278. The summed E-state index contributed by atoms with van der Waals surface area (Å²) in [5.41, 5.74) is 2.83. The van der Waals surface area contributed by atoms with Crippen LogP contribution < -0.4 is 4.72 Å². The van der Waals surface area contributed by atoms with Crippen LogP contribution in [0.15, 0.2) is 53.6 Å². The first-order valence-electron chi connectivity index (χ1n) is 7.90. The Hall–Kier alpha value is -2.02. The molecule has 24 heavy (non-hydrogen) atoms. The van der Waals surface area contributed by atoms with Gasteiger partial charge < -0.3 is 5.11 Å². The third-order valence-electron chi connectivity index (χ3n) is 4.08. The molecule has 5 nitrogen and oxygen atoms in total. The zero-order valence-electron chi connectivity index (χ0n) is 13.2. The molecule has 126 valence electrons.